The van der Waals surface area contributed by atoms with E-state index in [0.29, 0.717) is 18.7 Å². The molecule has 1 aliphatic rings. The van der Waals surface area contributed by atoms with Gasteiger partial charge in [0.05, 0.1) is 19.5 Å². The van der Waals surface area contributed by atoms with Crippen molar-refractivity contribution < 1.29 is 28.2 Å². The van der Waals surface area contributed by atoms with Crippen molar-refractivity contribution in [1.82, 2.24) is 5.32 Å². The second-order valence-corrected chi connectivity index (χ2v) is 6.29. The van der Waals surface area contributed by atoms with E-state index in [2.05, 4.69) is 5.32 Å². The third-order valence-electron chi connectivity index (χ3n) is 4.30. The van der Waals surface area contributed by atoms with Gasteiger partial charge in [-0.25, -0.2) is 4.79 Å². The topological polar surface area (TPSA) is 111 Å². The molecular weight excluding hydrogens is 376 g/mol. The SMILES string of the molecule is COc1cc(/C=C(\C#N)C(=O)NC[C@H]2CCCO2)ccc1OC(=O)c1ccco1. The molecule has 1 amide bonds. The number of nitrogens with one attached hydrogen (secondary N) is 1. The molecule has 0 unspecified atom stereocenters. The van der Waals surface area contributed by atoms with Gasteiger partial charge < -0.3 is 23.9 Å². The molecule has 0 radical (unpaired) electrons. The first-order valence-corrected chi connectivity index (χ1v) is 9.06. The number of hydrogen-bond donors (Lipinski definition) is 1. The highest BCUT2D eigenvalue weighted by Gasteiger charge is 2.18. The van der Waals surface area contributed by atoms with Gasteiger partial charge >= 0.3 is 5.97 Å². The summed E-state index contributed by atoms with van der Waals surface area (Å²) in [6, 6.07) is 9.66. The summed E-state index contributed by atoms with van der Waals surface area (Å²) in [6.07, 6.45) is 4.65. The Morgan fingerprint density at radius 1 is 1.34 bits per heavy atom. The van der Waals surface area contributed by atoms with Crippen LogP contribution in [0.3, 0.4) is 0 Å². The molecule has 0 spiro atoms. The quantitative estimate of drug-likeness (QED) is 0.331. The zero-order valence-corrected chi connectivity index (χ0v) is 15.8. The normalized spacial score (nSPS) is 16.1. The van der Waals surface area contributed by atoms with Crippen molar-refractivity contribution >= 4 is 18.0 Å². The molecule has 2 aromatic rings. The minimum absolute atomic E-state index is 0.0119. The maximum atomic E-state index is 12.3. The van der Waals surface area contributed by atoms with Crippen LogP contribution in [0.4, 0.5) is 0 Å². The van der Waals surface area contributed by atoms with Crippen molar-refractivity contribution in [2.45, 2.75) is 18.9 Å². The zero-order chi connectivity index (χ0) is 20.6. The highest BCUT2D eigenvalue weighted by atomic mass is 16.6. The maximum absolute atomic E-state index is 12.3. The van der Waals surface area contributed by atoms with Crippen LogP contribution in [-0.2, 0) is 9.53 Å². The summed E-state index contributed by atoms with van der Waals surface area (Å²) in [7, 11) is 1.42. The largest absolute Gasteiger partial charge is 0.493 e. The van der Waals surface area contributed by atoms with Gasteiger partial charge in [-0.2, -0.15) is 5.26 Å². The minimum Gasteiger partial charge on any atom is -0.493 e. The molecule has 1 aliphatic heterocycles. The van der Waals surface area contributed by atoms with E-state index in [1.165, 1.54) is 31.6 Å². The van der Waals surface area contributed by atoms with E-state index in [9.17, 15) is 14.9 Å². The molecule has 0 bridgehead atoms. The number of furan rings is 1. The number of carbonyl (C=O) groups is 2. The number of esters is 1. The Labute approximate surface area is 167 Å². The van der Waals surface area contributed by atoms with Crippen LogP contribution >= 0.6 is 0 Å². The van der Waals surface area contributed by atoms with Crippen LogP contribution in [0.5, 0.6) is 11.5 Å². The average molecular weight is 396 g/mol. The fourth-order valence-corrected chi connectivity index (χ4v) is 2.83. The first-order valence-electron chi connectivity index (χ1n) is 9.06. The molecule has 0 aliphatic carbocycles. The van der Waals surface area contributed by atoms with E-state index >= 15 is 0 Å². The predicted molar refractivity (Wildman–Crippen MR) is 102 cm³/mol. The van der Waals surface area contributed by atoms with Gasteiger partial charge in [0, 0.05) is 13.2 Å². The van der Waals surface area contributed by atoms with Gasteiger partial charge in [0.1, 0.15) is 11.6 Å². The van der Waals surface area contributed by atoms with Crippen molar-refractivity contribution in [2.75, 3.05) is 20.3 Å². The molecule has 8 nitrogen and oxygen atoms in total. The van der Waals surface area contributed by atoms with Crippen LogP contribution in [-0.4, -0.2) is 38.2 Å². The number of methoxy groups -OCH3 is 1. The van der Waals surface area contributed by atoms with Crippen LogP contribution in [0.1, 0.15) is 29.0 Å². The molecule has 1 saturated heterocycles. The number of ether oxygens (including phenoxy) is 3. The summed E-state index contributed by atoms with van der Waals surface area (Å²) in [5.41, 5.74) is 0.494. The number of benzene rings is 1. The van der Waals surface area contributed by atoms with Gasteiger partial charge in [0.25, 0.3) is 5.91 Å². The molecule has 1 N–H and O–H groups in total. The van der Waals surface area contributed by atoms with E-state index in [4.69, 9.17) is 18.6 Å². The van der Waals surface area contributed by atoms with Crippen molar-refractivity contribution in [1.29, 1.82) is 5.26 Å². The Hall–Kier alpha value is -3.57. The molecule has 0 saturated carbocycles. The highest BCUT2D eigenvalue weighted by molar-refractivity contribution is 6.01. The molecule has 8 heteroatoms. The van der Waals surface area contributed by atoms with Gasteiger partial charge in [0.2, 0.25) is 5.76 Å². The Morgan fingerprint density at radius 2 is 2.21 bits per heavy atom. The minimum atomic E-state index is -0.664. The van der Waals surface area contributed by atoms with Gasteiger partial charge in [0.15, 0.2) is 11.5 Å². The number of nitrogens with zero attached hydrogens (tertiary/aromatic N) is 1. The molecule has 1 aromatic carbocycles. The third kappa shape index (κ3) is 5.24. The van der Waals surface area contributed by atoms with Gasteiger partial charge in [-0.05, 0) is 48.7 Å². The predicted octanol–water partition coefficient (Wildman–Crippen LogP) is 2.71. The van der Waals surface area contributed by atoms with Crippen LogP contribution < -0.4 is 14.8 Å². The van der Waals surface area contributed by atoms with Crippen LogP contribution in [0.15, 0.2) is 46.6 Å². The van der Waals surface area contributed by atoms with Crippen molar-refractivity contribution in [3.63, 3.8) is 0 Å². The van der Waals surface area contributed by atoms with Crippen LogP contribution in [0, 0.1) is 11.3 Å². The molecular formula is C21H20N2O6. The smallest absolute Gasteiger partial charge is 0.379 e. The summed E-state index contributed by atoms with van der Waals surface area (Å²) in [5, 5.41) is 12.0. The summed E-state index contributed by atoms with van der Waals surface area (Å²) in [5.74, 6) is -0.619. The molecule has 150 valence electrons. The molecule has 2 heterocycles. The summed E-state index contributed by atoms with van der Waals surface area (Å²) in [4.78, 5) is 24.3. The fraction of sp³-hybridized carbons (Fsp3) is 0.286. The number of nitriles is 1. The first-order chi connectivity index (χ1) is 14.1. The summed E-state index contributed by atoms with van der Waals surface area (Å²) >= 11 is 0. The van der Waals surface area contributed by atoms with Crippen LogP contribution in [0.2, 0.25) is 0 Å². The van der Waals surface area contributed by atoms with Crippen molar-refractivity contribution in [2.24, 2.45) is 0 Å². The van der Waals surface area contributed by atoms with Crippen molar-refractivity contribution in [3.05, 3.63) is 53.5 Å². The lowest BCUT2D eigenvalue weighted by Crippen LogP contribution is -2.32. The Morgan fingerprint density at radius 3 is 2.86 bits per heavy atom. The first kappa shape index (κ1) is 20.2. The lowest BCUT2D eigenvalue weighted by Gasteiger charge is -2.11. The number of carbonyl (C=O) groups excluding carboxylic acids is 2. The van der Waals surface area contributed by atoms with Gasteiger partial charge in [-0.15, -0.1) is 0 Å². The van der Waals surface area contributed by atoms with Crippen LogP contribution in [0.25, 0.3) is 6.08 Å². The standard InChI is InChI=1S/C21H20N2O6/c1-26-19-11-14(6-7-17(19)29-21(25)18-5-3-9-28-18)10-15(12-22)20(24)23-13-16-4-2-8-27-16/h3,5-7,9-11,16H,2,4,8,13H2,1H3,(H,23,24)/b15-10+/t16-/m1/s1. The summed E-state index contributed by atoms with van der Waals surface area (Å²) < 4.78 is 21.0. The summed E-state index contributed by atoms with van der Waals surface area (Å²) in [6.45, 7) is 1.06. The van der Waals surface area contributed by atoms with E-state index in [1.54, 1.807) is 18.2 Å². The van der Waals surface area contributed by atoms with Crippen molar-refractivity contribution in [3.8, 4) is 17.6 Å². The number of rotatable bonds is 7. The van der Waals surface area contributed by atoms with E-state index in [-0.39, 0.29) is 28.9 Å². The van der Waals surface area contributed by atoms with Gasteiger partial charge in [-0.3, -0.25) is 4.79 Å². The molecule has 1 aromatic heterocycles. The van der Waals surface area contributed by atoms with E-state index < -0.39 is 11.9 Å². The molecule has 1 atom stereocenters. The monoisotopic (exact) mass is 396 g/mol. The fourth-order valence-electron chi connectivity index (χ4n) is 2.83. The van der Waals surface area contributed by atoms with E-state index in [1.807, 2.05) is 6.07 Å². The number of amides is 1. The molecule has 29 heavy (non-hydrogen) atoms. The zero-order valence-electron chi connectivity index (χ0n) is 15.8. The second kappa shape index (κ2) is 9.57. The Bertz CT molecular complexity index is 937. The maximum Gasteiger partial charge on any atom is 0.379 e. The van der Waals surface area contributed by atoms with E-state index in [0.717, 1.165) is 12.8 Å². The lowest BCUT2D eigenvalue weighted by molar-refractivity contribution is -0.117. The third-order valence-corrected chi connectivity index (χ3v) is 4.30. The lowest BCUT2D eigenvalue weighted by atomic mass is 10.1. The average Bonchev–Trinajstić information content (AvgIpc) is 3.45. The Kier molecular flexibility index (Phi) is 6.66. The second-order valence-electron chi connectivity index (χ2n) is 6.29. The highest BCUT2D eigenvalue weighted by Crippen LogP contribution is 2.29. The molecule has 3 rings (SSSR count). The Balaban J connectivity index is 1.70. The molecule has 1 fully saturated rings. The van der Waals surface area contributed by atoms with Gasteiger partial charge in [-0.1, -0.05) is 6.07 Å². The number of hydrogen-bond acceptors (Lipinski definition) is 7.